The summed E-state index contributed by atoms with van der Waals surface area (Å²) >= 11 is 0. The summed E-state index contributed by atoms with van der Waals surface area (Å²) in [5.41, 5.74) is 0. The summed E-state index contributed by atoms with van der Waals surface area (Å²) in [5, 5.41) is 8.81. The molecule has 6 heteroatoms. The molecule has 0 aliphatic carbocycles. The van der Waals surface area contributed by atoms with Gasteiger partial charge < -0.3 is 19.5 Å². The van der Waals surface area contributed by atoms with Crippen LogP contribution in [0.2, 0.25) is 0 Å². The summed E-state index contributed by atoms with van der Waals surface area (Å²) in [6, 6.07) is 7.23. The number of hydrogen-bond donors (Lipinski definition) is 1. The molecule has 0 bridgehead atoms. The Balaban J connectivity index is 1.72. The van der Waals surface area contributed by atoms with E-state index in [4.69, 9.17) is 14.6 Å². The van der Waals surface area contributed by atoms with Crippen LogP contribution in [-0.4, -0.2) is 48.2 Å². The largest absolute Gasteiger partial charge is 0.494 e. The van der Waals surface area contributed by atoms with Crippen LogP contribution >= 0.6 is 0 Å². The Labute approximate surface area is 142 Å². The number of benzene rings is 1. The van der Waals surface area contributed by atoms with Gasteiger partial charge in [-0.1, -0.05) is 6.92 Å². The molecule has 24 heavy (non-hydrogen) atoms. The molecular weight excluding hydrogens is 310 g/mol. The topological polar surface area (TPSA) is 76.1 Å². The van der Waals surface area contributed by atoms with E-state index in [1.54, 1.807) is 17.0 Å². The van der Waals surface area contributed by atoms with Crippen molar-refractivity contribution in [1.82, 2.24) is 4.90 Å². The summed E-state index contributed by atoms with van der Waals surface area (Å²) in [5.74, 6) is 0.761. The van der Waals surface area contributed by atoms with E-state index in [9.17, 15) is 9.59 Å². The van der Waals surface area contributed by atoms with Crippen LogP contribution in [0.5, 0.6) is 11.5 Å². The Morgan fingerprint density at radius 3 is 2.25 bits per heavy atom. The molecule has 0 unspecified atom stereocenters. The minimum atomic E-state index is -0.769. The number of aliphatic carboxylic acids is 1. The number of carbonyl (C=O) groups is 2. The number of amides is 1. The molecule has 1 amide bonds. The van der Waals surface area contributed by atoms with E-state index in [1.807, 2.05) is 19.1 Å². The monoisotopic (exact) mass is 335 g/mol. The van der Waals surface area contributed by atoms with Crippen molar-refractivity contribution in [3.63, 3.8) is 0 Å². The highest BCUT2D eigenvalue weighted by molar-refractivity contribution is 5.78. The minimum Gasteiger partial charge on any atom is -0.494 e. The van der Waals surface area contributed by atoms with E-state index in [2.05, 4.69) is 0 Å². The molecule has 1 aromatic carbocycles. The molecule has 2 rings (SSSR count). The van der Waals surface area contributed by atoms with Crippen LogP contribution in [0.3, 0.4) is 0 Å². The Bertz CT molecular complexity index is 535. The third-order valence-electron chi connectivity index (χ3n) is 4.09. The number of likely N-dealkylation sites (tertiary alicyclic amines) is 1. The highest BCUT2D eigenvalue weighted by atomic mass is 16.5. The van der Waals surface area contributed by atoms with Gasteiger partial charge in [0.1, 0.15) is 11.5 Å². The van der Waals surface area contributed by atoms with E-state index in [-0.39, 0.29) is 24.9 Å². The van der Waals surface area contributed by atoms with Crippen LogP contribution in [0.1, 0.15) is 32.6 Å². The molecule has 1 aliphatic heterocycles. The third-order valence-corrected chi connectivity index (χ3v) is 4.09. The highest BCUT2D eigenvalue weighted by Crippen LogP contribution is 2.21. The molecule has 1 heterocycles. The first-order valence-corrected chi connectivity index (χ1v) is 8.43. The van der Waals surface area contributed by atoms with Gasteiger partial charge >= 0.3 is 5.97 Å². The predicted octanol–water partition coefficient (Wildman–Crippen LogP) is 2.57. The van der Waals surface area contributed by atoms with Crippen LogP contribution in [0.25, 0.3) is 0 Å². The second-order valence-electron chi connectivity index (χ2n) is 6.03. The predicted molar refractivity (Wildman–Crippen MR) is 89.3 cm³/mol. The van der Waals surface area contributed by atoms with Crippen LogP contribution in [0, 0.1) is 5.92 Å². The number of nitrogens with zero attached hydrogens (tertiary/aromatic N) is 1. The minimum absolute atomic E-state index is 0.00123. The van der Waals surface area contributed by atoms with Crippen molar-refractivity contribution in [1.29, 1.82) is 0 Å². The molecule has 1 aromatic rings. The van der Waals surface area contributed by atoms with Crippen molar-refractivity contribution >= 4 is 11.9 Å². The first-order chi connectivity index (χ1) is 11.6. The van der Waals surface area contributed by atoms with Crippen LogP contribution in [0.15, 0.2) is 24.3 Å². The second kappa shape index (κ2) is 9.15. The summed E-state index contributed by atoms with van der Waals surface area (Å²) in [6.45, 7) is 3.93. The molecule has 0 saturated carbocycles. The van der Waals surface area contributed by atoms with E-state index < -0.39 is 5.97 Å². The number of carboxylic acids is 1. The van der Waals surface area contributed by atoms with Gasteiger partial charge in [-0.05, 0) is 49.4 Å². The van der Waals surface area contributed by atoms with Gasteiger partial charge in [-0.2, -0.15) is 0 Å². The molecule has 0 radical (unpaired) electrons. The number of ether oxygens (including phenoxy) is 2. The standard InChI is InChI=1S/C18H25NO5/c1-2-11-23-15-3-5-16(6-4-15)24-13-17(20)19-9-7-14(8-10-19)12-18(21)22/h3-6,14H,2,7-13H2,1H3,(H,21,22). The molecule has 132 valence electrons. The normalized spacial score (nSPS) is 15.1. The fraction of sp³-hybridized carbons (Fsp3) is 0.556. The zero-order chi connectivity index (χ0) is 17.4. The van der Waals surface area contributed by atoms with Gasteiger partial charge in [0.2, 0.25) is 0 Å². The SMILES string of the molecule is CCCOc1ccc(OCC(=O)N2CCC(CC(=O)O)CC2)cc1. The van der Waals surface area contributed by atoms with Gasteiger partial charge in [-0.15, -0.1) is 0 Å². The van der Waals surface area contributed by atoms with Crippen molar-refractivity contribution in [3.8, 4) is 11.5 Å². The Hall–Kier alpha value is -2.24. The van der Waals surface area contributed by atoms with Gasteiger partial charge in [0.15, 0.2) is 6.61 Å². The zero-order valence-corrected chi connectivity index (χ0v) is 14.1. The molecule has 1 saturated heterocycles. The van der Waals surface area contributed by atoms with Crippen molar-refractivity contribution in [2.45, 2.75) is 32.6 Å². The average Bonchev–Trinajstić information content (AvgIpc) is 2.59. The Morgan fingerprint density at radius 2 is 1.71 bits per heavy atom. The third kappa shape index (κ3) is 5.76. The fourth-order valence-corrected chi connectivity index (χ4v) is 2.72. The van der Waals surface area contributed by atoms with Crippen molar-refractivity contribution in [3.05, 3.63) is 24.3 Å². The van der Waals surface area contributed by atoms with E-state index in [0.717, 1.165) is 25.0 Å². The molecule has 6 nitrogen and oxygen atoms in total. The molecule has 0 atom stereocenters. The number of piperidine rings is 1. The lowest BCUT2D eigenvalue weighted by atomic mass is 9.94. The average molecular weight is 335 g/mol. The number of carboxylic acid groups (broad SMARTS) is 1. The summed E-state index contributed by atoms with van der Waals surface area (Å²) < 4.78 is 11.0. The lowest BCUT2D eigenvalue weighted by Gasteiger charge is -2.31. The second-order valence-corrected chi connectivity index (χ2v) is 6.03. The van der Waals surface area contributed by atoms with Gasteiger partial charge in [0.05, 0.1) is 6.61 Å². The first-order valence-electron chi connectivity index (χ1n) is 8.43. The highest BCUT2D eigenvalue weighted by Gasteiger charge is 2.24. The maximum Gasteiger partial charge on any atom is 0.303 e. The maximum atomic E-state index is 12.2. The number of rotatable bonds is 8. The first kappa shape index (κ1) is 18.1. The lowest BCUT2D eigenvalue weighted by Crippen LogP contribution is -2.41. The number of hydrogen-bond acceptors (Lipinski definition) is 4. The summed E-state index contributed by atoms with van der Waals surface area (Å²) in [7, 11) is 0. The molecule has 1 aliphatic rings. The molecular formula is C18H25NO5. The van der Waals surface area contributed by atoms with E-state index >= 15 is 0 Å². The van der Waals surface area contributed by atoms with Crippen molar-refractivity contribution in [2.24, 2.45) is 5.92 Å². The summed E-state index contributed by atoms with van der Waals surface area (Å²) in [6.07, 6.45) is 2.61. The lowest BCUT2D eigenvalue weighted by molar-refractivity contribution is -0.139. The van der Waals surface area contributed by atoms with E-state index in [0.29, 0.717) is 25.4 Å². The van der Waals surface area contributed by atoms with Crippen LogP contribution in [-0.2, 0) is 9.59 Å². The molecule has 1 fully saturated rings. The summed E-state index contributed by atoms with van der Waals surface area (Å²) in [4.78, 5) is 24.6. The van der Waals surface area contributed by atoms with Crippen LogP contribution in [0.4, 0.5) is 0 Å². The van der Waals surface area contributed by atoms with Crippen molar-refractivity contribution in [2.75, 3.05) is 26.3 Å². The van der Waals surface area contributed by atoms with Gasteiger partial charge in [-0.25, -0.2) is 0 Å². The molecule has 0 spiro atoms. The smallest absolute Gasteiger partial charge is 0.303 e. The van der Waals surface area contributed by atoms with E-state index in [1.165, 1.54) is 0 Å². The van der Waals surface area contributed by atoms with Gasteiger partial charge in [0, 0.05) is 19.5 Å². The number of carbonyl (C=O) groups excluding carboxylic acids is 1. The van der Waals surface area contributed by atoms with Crippen molar-refractivity contribution < 1.29 is 24.2 Å². The van der Waals surface area contributed by atoms with Crippen LogP contribution < -0.4 is 9.47 Å². The quantitative estimate of drug-likeness (QED) is 0.790. The van der Waals surface area contributed by atoms with Gasteiger partial charge in [-0.3, -0.25) is 9.59 Å². The Kier molecular flexibility index (Phi) is 6.90. The van der Waals surface area contributed by atoms with Gasteiger partial charge in [0.25, 0.3) is 5.91 Å². The Morgan fingerprint density at radius 1 is 1.12 bits per heavy atom. The molecule has 0 aromatic heterocycles. The fourth-order valence-electron chi connectivity index (χ4n) is 2.72. The molecule has 1 N–H and O–H groups in total. The zero-order valence-electron chi connectivity index (χ0n) is 14.1. The maximum absolute atomic E-state index is 12.2.